The zero-order chi connectivity index (χ0) is 22.0. The first-order valence-corrected chi connectivity index (χ1v) is 12.0. The molecule has 1 N–H and O–H groups in total. The highest BCUT2D eigenvalue weighted by Gasteiger charge is 2.22. The van der Waals surface area contributed by atoms with E-state index < -0.39 is 9.84 Å². The Labute approximate surface area is 184 Å². The molecule has 1 amide bonds. The first-order valence-electron chi connectivity index (χ1n) is 9.73. The van der Waals surface area contributed by atoms with Crippen LogP contribution < -0.4 is 5.32 Å². The molecule has 1 aliphatic rings. The summed E-state index contributed by atoms with van der Waals surface area (Å²) in [5, 5.41) is 15.5. The Morgan fingerprint density at radius 2 is 1.84 bits per heavy atom. The van der Waals surface area contributed by atoms with Gasteiger partial charge in [0.2, 0.25) is 0 Å². The first-order chi connectivity index (χ1) is 14.8. The number of nitrogens with one attached hydrogen (secondary N) is 1. The minimum atomic E-state index is -3.29. The Morgan fingerprint density at radius 1 is 1.13 bits per heavy atom. The molecule has 0 saturated carbocycles. The van der Waals surface area contributed by atoms with Crippen molar-refractivity contribution in [3.8, 4) is 5.69 Å². The molecule has 0 bridgehead atoms. The molecule has 4 rings (SSSR count). The number of halogens is 1. The van der Waals surface area contributed by atoms with Gasteiger partial charge < -0.3 is 10.2 Å². The number of rotatable bonds is 6. The van der Waals surface area contributed by atoms with E-state index in [2.05, 4.69) is 20.8 Å². The van der Waals surface area contributed by atoms with Gasteiger partial charge in [-0.25, -0.2) is 8.42 Å². The summed E-state index contributed by atoms with van der Waals surface area (Å²) in [4.78, 5) is 14.9. The normalized spacial score (nSPS) is 14.1. The summed E-state index contributed by atoms with van der Waals surface area (Å²) < 4.78 is 24.8. The summed E-state index contributed by atoms with van der Waals surface area (Å²) in [7, 11) is -3.29. The van der Waals surface area contributed by atoms with Crippen molar-refractivity contribution in [2.45, 2.75) is 24.3 Å². The summed E-state index contributed by atoms with van der Waals surface area (Å²) in [6.45, 7) is 1.74. The maximum atomic E-state index is 12.9. The number of likely N-dealkylation sites (tertiary alicyclic amines) is 1. The number of aromatic nitrogens is 4. The zero-order valence-corrected chi connectivity index (χ0v) is 18.4. The summed E-state index contributed by atoms with van der Waals surface area (Å²) in [6, 6.07) is 11.4. The molecule has 1 saturated heterocycles. The minimum absolute atomic E-state index is 0.0346. The summed E-state index contributed by atoms with van der Waals surface area (Å²) >= 11 is 6.16. The molecule has 1 aliphatic heterocycles. The van der Waals surface area contributed by atoms with E-state index in [4.69, 9.17) is 11.6 Å². The smallest absolute Gasteiger partial charge is 0.255 e. The second-order valence-corrected chi connectivity index (χ2v) is 9.77. The maximum Gasteiger partial charge on any atom is 0.255 e. The van der Waals surface area contributed by atoms with Crippen LogP contribution in [-0.4, -0.2) is 58.8 Å². The van der Waals surface area contributed by atoms with Gasteiger partial charge in [-0.05, 0) is 65.7 Å². The van der Waals surface area contributed by atoms with Crippen LogP contribution in [0.2, 0.25) is 5.02 Å². The third-order valence-corrected chi connectivity index (χ3v) is 6.45. The highest BCUT2D eigenvalue weighted by Crippen LogP contribution is 2.25. The predicted molar refractivity (Wildman–Crippen MR) is 116 cm³/mol. The molecule has 31 heavy (non-hydrogen) atoms. The van der Waals surface area contributed by atoms with E-state index >= 15 is 0 Å². The Bertz CT molecular complexity index is 1200. The average Bonchev–Trinajstić information content (AvgIpc) is 3.43. The summed E-state index contributed by atoms with van der Waals surface area (Å²) in [6.07, 6.45) is 3.17. The van der Waals surface area contributed by atoms with E-state index in [9.17, 15) is 13.2 Å². The molecule has 0 radical (unpaired) electrons. The lowest BCUT2D eigenvalue weighted by Gasteiger charge is -2.18. The lowest BCUT2D eigenvalue weighted by Crippen LogP contribution is -2.28. The standard InChI is InChI=1S/C20H21ClN6O3S/c1-31(29,30)16-7-5-15(6-8-16)27-19(23-24-25-27)13-22-18-12-14(21)4-9-17(18)20(28)26-10-2-3-11-26/h4-9,12,22H,2-3,10-11,13H2,1H3. The molecule has 2 heterocycles. The van der Waals surface area contributed by atoms with Crippen molar-refractivity contribution < 1.29 is 13.2 Å². The highest BCUT2D eigenvalue weighted by atomic mass is 35.5. The fourth-order valence-corrected chi connectivity index (χ4v) is 4.27. The van der Waals surface area contributed by atoms with Gasteiger partial charge in [-0.2, -0.15) is 4.68 Å². The topological polar surface area (TPSA) is 110 Å². The van der Waals surface area contributed by atoms with Crippen LogP contribution in [0, 0.1) is 0 Å². The van der Waals surface area contributed by atoms with Crippen LogP contribution in [0.25, 0.3) is 5.69 Å². The first kappa shape index (κ1) is 21.3. The number of tetrazole rings is 1. The molecule has 11 heteroatoms. The number of carbonyl (C=O) groups is 1. The largest absolute Gasteiger partial charge is 0.377 e. The third kappa shape index (κ3) is 4.70. The lowest BCUT2D eigenvalue weighted by molar-refractivity contribution is 0.0793. The van der Waals surface area contributed by atoms with Crippen LogP contribution in [0.5, 0.6) is 0 Å². The third-order valence-electron chi connectivity index (χ3n) is 5.09. The van der Waals surface area contributed by atoms with E-state index in [0.717, 1.165) is 32.2 Å². The van der Waals surface area contributed by atoms with Crippen molar-refractivity contribution >= 4 is 33.0 Å². The van der Waals surface area contributed by atoms with Gasteiger partial charge in [0, 0.05) is 30.1 Å². The number of amides is 1. The average molecular weight is 461 g/mol. The maximum absolute atomic E-state index is 12.9. The number of sulfone groups is 1. The van der Waals surface area contributed by atoms with Crippen LogP contribution in [-0.2, 0) is 16.4 Å². The fourth-order valence-electron chi connectivity index (χ4n) is 3.47. The van der Waals surface area contributed by atoms with Crippen molar-refractivity contribution in [1.29, 1.82) is 0 Å². The number of hydrogen-bond acceptors (Lipinski definition) is 7. The second kappa shape index (κ2) is 8.64. The molecular weight excluding hydrogens is 440 g/mol. The van der Waals surface area contributed by atoms with Gasteiger partial charge in [-0.3, -0.25) is 4.79 Å². The lowest BCUT2D eigenvalue weighted by atomic mass is 10.1. The minimum Gasteiger partial charge on any atom is -0.377 e. The summed E-state index contributed by atoms with van der Waals surface area (Å²) in [5.41, 5.74) is 1.77. The van der Waals surface area contributed by atoms with Gasteiger partial charge in [0.15, 0.2) is 15.7 Å². The number of carbonyl (C=O) groups excluding carboxylic acids is 1. The Balaban J connectivity index is 1.55. The molecule has 2 aromatic carbocycles. The monoisotopic (exact) mass is 460 g/mol. The van der Waals surface area contributed by atoms with Crippen LogP contribution in [0.15, 0.2) is 47.4 Å². The second-order valence-electron chi connectivity index (χ2n) is 7.32. The highest BCUT2D eigenvalue weighted by molar-refractivity contribution is 7.90. The molecule has 1 fully saturated rings. The van der Waals surface area contributed by atoms with Gasteiger partial charge in [0.1, 0.15) is 0 Å². The van der Waals surface area contributed by atoms with E-state index in [1.165, 1.54) is 16.8 Å². The van der Waals surface area contributed by atoms with Gasteiger partial charge >= 0.3 is 0 Å². The molecule has 3 aromatic rings. The zero-order valence-electron chi connectivity index (χ0n) is 16.8. The summed E-state index contributed by atoms with van der Waals surface area (Å²) in [5.74, 6) is 0.458. The van der Waals surface area contributed by atoms with Crippen LogP contribution in [0.1, 0.15) is 29.0 Å². The van der Waals surface area contributed by atoms with E-state index in [1.807, 2.05) is 4.90 Å². The SMILES string of the molecule is CS(=O)(=O)c1ccc(-n2nnnc2CNc2cc(Cl)ccc2C(=O)N2CCCC2)cc1. The molecule has 0 atom stereocenters. The number of benzene rings is 2. The van der Waals surface area contributed by atoms with Gasteiger partial charge in [0.25, 0.3) is 5.91 Å². The van der Waals surface area contributed by atoms with Crippen LogP contribution in [0.4, 0.5) is 5.69 Å². The van der Waals surface area contributed by atoms with Crippen molar-refractivity contribution in [1.82, 2.24) is 25.1 Å². The number of anilines is 1. The van der Waals surface area contributed by atoms with Crippen molar-refractivity contribution in [2.75, 3.05) is 24.7 Å². The molecule has 162 valence electrons. The van der Waals surface area contributed by atoms with Gasteiger partial charge in [-0.15, -0.1) is 5.10 Å². The molecule has 1 aromatic heterocycles. The molecular formula is C20H21ClN6O3S. The predicted octanol–water partition coefficient (Wildman–Crippen LogP) is 2.57. The molecule has 9 nitrogen and oxygen atoms in total. The molecule has 0 spiro atoms. The van der Waals surface area contributed by atoms with E-state index in [-0.39, 0.29) is 17.3 Å². The Kier molecular flexibility index (Phi) is 5.92. The molecule has 0 unspecified atom stereocenters. The number of hydrogen-bond donors (Lipinski definition) is 1. The van der Waals surface area contributed by atoms with Gasteiger partial charge in [-0.1, -0.05) is 11.6 Å². The van der Waals surface area contributed by atoms with Gasteiger partial charge in [0.05, 0.1) is 22.7 Å². The molecule has 0 aliphatic carbocycles. The fraction of sp³-hybridized carbons (Fsp3) is 0.300. The van der Waals surface area contributed by atoms with E-state index in [1.54, 1.807) is 30.3 Å². The Morgan fingerprint density at radius 3 is 2.52 bits per heavy atom. The van der Waals surface area contributed by atoms with Crippen molar-refractivity contribution in [3.63, 3.8) is 0 Å². The van der Waals surface area contributed by atoms with Crippen LogP contribution in [0.3, 0.4) is 0 Å². The van der Waals surface area contributed by atoms with E-state index in [0.29, 0.717) is 27.8 Å². The quantitative estimate of drug-likeness (QED) is 0.601. The van der Waals surface area contributed by atoms with Crippen molar-refractivity contribution in [2.24, 2.45) is 0 Å². The van der Waals surface area contributed by atoms with Crippen LogP contribution >= 0.6 is 11.6 Å². The number of nitrogens with zero attached hydrogens (tertiary/aromatic N) is 5. The Hall–Kier alpha value is -2.98. The van der Waals surface area contributed by atoms with Crippen molar-refractivity contribution in [3.05, 3.63) is 58.9 Å².